The van der Waals surface area contributed by atoms with Crippen LogP contribution in [-0.2, 0) is 9.59 Å². The Morgan fingerprint density at radius 1 is 1.30 bits per heavy atom. The third kappa shape index (κ3) is 5.83. The van der Waals surface area contributed by atoms with E-state index in [1.807, 2.05) is 0 Å². The van der Waals surface area contributed by atoms with Crippen LogP contribution in [0.5, 0.6) is 0 Å². The molecule has 10 heavy (non-hydrogen) atoms. The van der Waals surface area contributed by atoms with Crippen molar-refractivity contribution in [1.29, 1.82) is 0 Å². The molecule has 0 saturated heterocycles. The molecule has 0 aliphatic carbocycles. The number of nitro groups is 1. The Morgan fingerprint density at radius 2 is 1.60 bits per heavy atom. The van der Waals surface area contributed by atoms with E-state index in [1.165, 1.54) is 0 Å². The molecular weight excluding hydrogens is 153 g/mol. The predicted molar refractivity (Wildman–Crippen MR) is 33.7 cm³/mol. The van der Waals surface area contributed by atoms with Crippen LogP contribution in [0.25, 0.3) is 0 Å². The maximum absolute atomic E-state index is 9.50. The molecule has 0 fully saturated rings. The van der Waals surface area contributed by atoms with Crippen LogP contribution in [0.4, 0.5) is 0 Å². The average Bonchev–Trinajstić information content (AvgIpc) is 1.69. The van der Waals surface area contributed by atoms with Gasteiger partial charge in [0.15, 0.2) is 0 Å². The van der Waals surface area contributed by atoms with Gasteiger partial charge in [-0.15, -0.1) is 0 Å². The van der Waals surface area contributed by atoms with Crippen molar-refractivity contribution in [2.24, 2.45) is 0 Å². The molecule has 0 aromatic heterocycles. The van der Waals surface area contributed by atoms with Gasteiger partial charge in [-0.2, -0.15) is 0 Å². The molecule has 0 amide bonds. The standard InChI is InChI=1S/C3H3NO4.Na.H2O.H/c5-1-3(2-6)4(7)8;;;/h1-3H;;1H2;. The molecule has 0 saturated carbocycles. The van der Waals surface area contributed by atoms with Crippen molar-refractivity contribution in [2.75, 3.05) is 0 Å². The van der Waals surface area contributed by atoms with Crippen LogP contribution in [0, 0.1) is 10.1 Å². The van der Waals surface area contributed by atoms with E-state index in [-0.39, 0.29) is 47.6 Å². The molecule has 0 aromatic carbocycles. The minimum atomic E-state index is -1.69. The number of carbonyl (C=O) groups excluding carboxylic acids is 2. The van der Waals surface area contributed by atoms with Crippen LogP contribution in [-0.4, -0.2) is 58.6 Å². The quantitative estimate of drug-likeness (QED) is 0.150. The van der Waals surface area contributed by atoms with Gasteiger partial charge >= 0.3 is 35.6 Å². The first-order valence-corrected chi connectivity index (χ1v) is 1.76. The zero-order valence-electron chi connectivity index (χ0n) is 4.31. The summed E-state index contributed by atoms with van der Waals surface area (Å²) in [5, 5.41) is 9.50. The van der Waals surface area contributed by atoms with Gasteiger partial charge in [-0.25, -0.2) is 0 Å². The van der Waals surface area contributed by atoms with E-state index in [9.17, 15) is 19.7 Å². The fourth-order valence-corrected chi connectivity index (χ4v) is 0.131. The SMILES string of the molecule is O.O=CC(C=O)[N+](=O)[O-].[NaH]. The summed E-state index contributed by atoms with van der Waals surface area (Å²) in [7, 11) is 0. The van der Waals surface area contributed by atoms with Gasteiger partial charge < -0.3 is 5.48 Å². The van der Waals surface area contributed by atoms with Crippen molar-refractivity contribution in [3.05, 3.63) is 10.1 Å². The Balaban J connectivity index is -0.000000245. The molecule has 0 bridgehead atoms. The first-order chi connectivity index (χ1) is 3.72. The van der Waals surface area contributed by atoms with Gasteiger partial charge in [0.25, 0.3) is 0 Å². The number of hydrogen-bond acceptors (Lipinski definition) is 4. The molecule has 0 radical (unpaired) electrons. The summed E-state index contributed by atoms with van der Waals surface area (Å²) in [5.74, 6) is 0. The molecule has 0 aromatic rings. The Bertz CT molecular complexity index is 118. The van der Waals surface area contributed by atoms with Crippen molar-refractivity contribution >= 4 is 42.1 Å². The van der Waals surface area contributed by atoms with Crippen LogP contribution in [0.1, 0.15) is 0 Å². The van der Waals surface area contributed by atoms with Crippen molar-refractivity contribution in [1.82, 2.24) is 0 Å². The number of carbonyl (C=O) groups is 2. The molecule has 7 heteroatoms. The molecule has 0 aliphatic rings. The monoisotopic (exact) mass is 159 g/mol. The minimum absolute atomic E-state index is 0. The van der Waals surface area contributed by atoms with E-state index < -0.39 is 11.0 Å². The van der Waals surface area contributed by atoms with Crippen LogP contribution in [0.15, 0.2) is 0 Å². The summed E-state index contributed by atoms with van der Waals surface area (Å²) in [4.78, 5) is 27.6. The molecule has 2 N–H and O–H groups in total. The molecule has 0 atom stereocenters. The third-order valence-electron chi connectivity index (χ3n) is 0.522. The zero-order valence-corrected chi connectivity index (χ0v) is 4.31. The Kier molecular flexibility index (Phi) is 14.2. The fraction of sp³-hybridized carbons (Fsp3) is 0.333. The Morgan fingerprint density at radius 3 is 1.60 bits per heavy atom. The number of hydrogen-bond donors (Lipinski definition) is 0. The summed E-state index contributed by atoms with van der Waals surface area (Å²) in [6.07, 6.45) is -0.0417. The molecule has 54 valence electrons. The van der Waals surface area contributed by atoms with Crippen molar-refractivity contribution in [3.63, 3.8) is 0 Å². The average molecular weight is 159 g/mol. The van der Waals surface area contributed by atoms with Gasteiger partial charge in [-0.1, -0.05) is 0 Å². The second-order valence-electron chi connectivity index (χ2n) is 1.05. The molecule has 0 unspecified atom stereocenters. The van der Waals surface area contributed by atoms with Gasteiger partial charge in [0.1, 0.15) is 0 Å². The van der Waals surface area contributed by atoms with Crippen LogP contribution >= 0.6 is 0 Å². The van der Waals surface area contributed by atoms with E-state index in [4.69, 9.17) is 0 Å². The van der Waals surface area contributed by atoms with Gasteiger partial charge in [0.05, 0.1) is 0 Å². The molecule has 0 aliphatic heterocycles. The fourth-order valence-electron chi connectivity index (χ4n) is 0.131. The summed E-state index contributed by atoms with van der Waals surface area (Å²) >= 11 is 0. The number of aldehydes is 2. The first-order valence-electron chi connectivity index (χ1n) is 1.76. The summed E-state index contributed by atoms with van der Waals surface area (Å²) in [6.45, 7) is 0. The van der Waals surface area contributed by atoms with Gasteiger partial charge in [0.2, 0.25) is 12.6 Å². The first kappa shape index (κ1) is 16.4. The maximum atomic E-state index is 9.50. The molecule has 0 heterocycles. The number of nitrogens with zero attached hydrogens (tertiary/aromatic N) is 1. The third-order valence-corrected chi connectivity index (χ3v) is 0.522. The topological polar surface area (TPSA) is 109 Å². The van der Waals surface area contributed by atoms with Crippen molar-refractivity contribution < 1.29 is 20.0 Å². The zero-order chi connectivity index (χ0) is 6.57. The van der Waals surface area contributed by atoms with E-state index in [0.717, 1.165) is 0 Å². The van der Waals surface area contributed by atoms with Crippen LogP contribution in [0.2, 0.25) is 0 Å². The number of rotatable bonds is 3. The van der Waals surface area contributed by atoms with Gasteiger partial charge in [-0.05, 0) is 0 Å². The van der Waals surface area contributed by atoms with Gasteiger partial charge in [0, 0.05) is 4.92 Å². The van der Waals surface area contributed by atoms with Crippen LogP contribution in [0.3, 0.4) is 0 Å². The van der Waals surface area contributed by atoms with E-state index in [0.29, 0.717) is 0 Å². The Labute approximate surface area is 78.3 Å². The van der Waals surface area contributed by atoms with E-state index in [2.05, 4.69) is 0 Å². The molecular formula is C3H6NNaO5. The summed E-state index contributed by atoms with van der Waals surface area (Å²) < 4.78 is 0. The second kappa shape index (κ2) is 8.70. The molecule has 6 nitrogen and oxygen atoms in total. The normalized spacial score (nSPS) is 6.90. The second-order valence-corrected chi connectivity index (χ2v) is 1.05. The summed E-state index contributed by atoms with van der Waals surface area (Å²) in [6, 6.07) is -1.69. The van der Waals surface area contributed by atoms with Crippen molar-refractivity contribution in [3.8, 4) is 0 Å². The predicted octanol–water partition coefficient (Wildman–Crippen LogP) is -2.44. The Hall–Kier alpha value is -0.300. The van der Waals surface area contributed by atoms with Gasteiger partial charge in [-0.3, -0.25) is 19.7 Å². The van der Waals surface area contributed by atoms with Crippen molar-refractivity contribution in [2.45, 2.75) is 6.04 Å². The van der Waals surface area contributed by atoms with Crippen LogP contribution < -0.4 is 0 Å². The van der Waals surface area contributed by atoms with E-state index in [1.54, 1.807) is 0 Å². The van der Waals surface area contributed by atoms with E-state index >= 15 is 0 Å². The molecule has 0 rings (SSSR count). The molecule has 0 spiro atoms. The summed E-state index contributed by atoms with van der Waals surface area (Å²) in [5.41, 5.74) is 0.